The number of allylic oxidation sites excluding steroid dienone is 1. The van der Waals surface area contributed by atoms with Gasteiger partial charge in [0, 0.05) is 0 Å². The normalized spacial score (nSPS) is 20.9. The maximum atomic E-state index is 10.4. The molecule has 0 saturated heterocycles. The first-order valence-electron chi connectivity index (χ1n) is 4.31. The molecule has 1 unspecified atom stereocenters. The molecule has 0 aliphatic heterocycles. The van der Waals surface area contributed by atoms with Crippen LogP contribution in [0.5, 0.6) is 0 Å². The smallest absolute Gasteiger partial charge is 0.336 e. The molecule has 1 aliphatic rings. The molecule has 0 aromatic heterocycles. The zero-order valence-corrected chi connectivity index (χ0v) is 6.99. The number of carboxylic acid groups (broad SMARTS) is 1. The lowest BCUT2D eigenvalue weighted by atomic mass is 10.1. The van der Waals surface area contributed by atoms with Crippen molar-refractivity contribution in [3.63, 3.8) is 0 Å². The lowest BCUT2D eigenvalue weighted by Gasteiger charge is -2.08. The van der Waals surface area contributed by atoms with E-state index in [4.69, 9.17) is 5.11 Å². The molecular formula is C9H14O3. The Hall–Kier alpha value is -0.830. The van der Waals surface area contributed by atoms with Gasteiger partial charge in [-0.3, -0.25) is 0 Å². The molecule has 0 heterocycles. The molecule has 1 rings (SSSR count). The van der Waals surface area contributed by atoms with Crippen LogP contribution >= 0.6 is 0 Å². The van der Waals surface area contributed by atoms with Crippen molar-refractivity contribution in [2.45, 2.75) is 38.2 Å². The van der Waals surface area contributed by atoms with Gasteiger partial charge in [0.15, 0.2) is 6.10 Å². The second kappa shape index (κ2) is 4.26. The van der Waals surface area contributed by atoms with Crippen LogP contribution in [0.2, 0.25) is 0 Å². The summed E-state index contributed by atoms with van der Waals surface area (Å²) in [4.78, 5) is 10.4. The minimum atomic E-state index is -1.27. The Balaban J connectivity index is 2.58. The lowest BCUT2D eigenvalue weighted by Crippen LogP contribution is -2.21. The first-order chi connectivity index (χ1) is 5.72. The molecule has 0 aromatic rings. The molecule has 0 saturated carbocycles. The summed E-state index contributed by atoms with van der Waals surface area (Å²) in [6.45, 7) is 0. The zero-order chi connectivity index (χ0) is 8.97. The van der Waals surface area contributed by atoms with Crippen molar-refractivity contribution < 1.29 is 15.0 Å². The number of aliphatic carboxylic acids is 1. The van der Waals surface area contributed by atoms with E-state index in [-0.39, 0.29) is 0 Å². The first-order valence-corrected chi connectivity index (χ1v) is 4.31. The van der Waals surface area contributed by atoms with Crippen molar-refractivity contribution in [1.29, 1.82) is 0 Å². The SMILES string of the molecule is O=C(O)C(O)C1=CCCCCC1. The van der Waals surface area contributed by atoms with Crippen LogP contribution in [-0.4, -0.2) is 22.3 Å². The molecule has 0 spiro atoms. The van der Waals surface area contributed by atoms with Crippen LogP contribution in [0.3, 0.4) is 0 Å². The second-order valence-electron chi connectivity index (χ2n) is 3.12. The number of hydrogen-bond acceptors (Lipinski definition) is 2. The summed E-state index contributed by atoms with van der Waals surface area (Å²) in [6, 6.07) is 0. The van der Waals surface area contributed by atoms with E-state index in [0.717, 1.165) is 32.1 Å². The fraction of sp³-hybridized carbons (Fsp3) is 0.667. The maximum absolute atomic E-state index is 10.4. The van der Waals surface area contributed by atoms with Crippen LogP contribution in [0, 0.1) is 0 Å². The van der Waals surface area contributed by atoms with Crippen LogP contribution in [0.25, 0.3) is 0 Å². The largest absolute Gasteiger partial charge is 0.479 e. The first kappa shape index (κ1) is 9.26. The summed E-state index contributed by atoms with van der Waals surface area (Å²) in [7, 11) is 0. The highest BCUT2D eigenvalue weighted by molar-refractivity contribution is 5.75. The van der Waals surface area contributed by atoms with E-state index in [2.05, 4.69) is 0 Å². The summed E-state index contributed by atoms with van der Waals surface area (Å²) < 4.78 is 0. The molecule has 0 radical (unpaired) electrons. The van der Waals surface area contributed by atoms with Gasteiger partial charge in [-0.2, -0.15) is 0 Å². The quantitative estimate of drug-likeness (QED) is 0.614. The second-order valence-corrected chi connectivity index (χ2v) is 3.12. The van der Waals surface area contributed by atoms with Gasteiger partial charge >= 0.3 is 5.97 Å². The summed E-state index contributed by atoms with van der Waals surface area (Å²) in [5, 5.41) is 17.7. The molecule has 0 bridgehead atoms. The molecule has 0 fully saturated rings. The fourth-order valence-corrected chi connectivity index (χ4v) is 1.45. The van der Waals surface area contributed by atoms with E-state index in [0.29, 0.717) is 5.57 Å². The highest BCUT2D eigenvalue weighted by Crippen LogP contribution is 2.19. The Bertz CT molecular complexity index is 196. The average Bonchev–Trinajstić information content (AvgIpc) is 2.30. The third-order valence-corrected chi connectivity index (χ3v) is 2.16. The number of hydrogen-bond donors (Lipinski definition) is 2. The number of aliphatic hydroxyl groups excluding tert-OH is 1. The molecule has 3 nitrogen and oxygen atoms in total. The molecule has 1 atom stereocenters. The van der Waals surface area contributed by atoms with E-state index < -0.39 is 12.1 Å². The molecule has 0 aromatic carbocycles. The minimum Gasteiger partial charge on any atom is -0.479 e. The third kappa shape index (κ3) is 2.34. The highest BCUT2D eigenvalue weighted by Gasteiger charge is 2.18. The van der Waals surface area contributed by atoms with Gasteiger partial charge in [-0.05, 0) is 31.3 Å². The van der Waals surface area contributed by atoms with Gasteiger partial charge in [0.1, 0.15) is 0 Å². The van der Waals surface area contributed by atoms with Gasteiger partial charge in [0.25, 0.3) is 0 Å². The zero-order valence-electron chi connectivity index (χ0n) is 6.99. The summed E-state index contributed by atoms with van der Waals surface area (Å²) in [5.74, 6) is -1.14. The standard InChI is InChI=1S/C9H14O3/c10-8(9(11)12)7-5-3-1-2-4-6-7/h5,8,10H,1-4,6H2,(H,11,12). The summed E-state index contributed by atoms with van der Waals surface area (Å²) >= 11 is 0. The van der Waals surface area contributed by atoms with E-state index in [1.54, 1.807) is 0 Å². The Morgan fingerprint density at radius 3 is 2.83 bits per heavy atom. The number of carboxylic acids is 1. The minimum absolute atomic E-state index is 0.681. The van der Waals surface area contributed by atoms with Gasteiger partial charge in [0.05, 0.1) is 0 Å². The monoisotopic (exact) mass is 170 g/mol. The van der Waals surface area contributed by atoms with Gasteiger partial charge in [-0.1, -0.05) is 12.5 Å². The topological polar surface area (TPSA) is 57.5 Å². The molecule has 2 N–H and O–H groups in total. The number of rotatable bonds is 2. The number of carbonyl (C=O) groups is 1. The van der Waals surface area contributed by atoms with Crippen molar-refractivity contribution in [3.8, 4) is 0 Å². The van der Waals surface area contributed by atoms with Crippen molar-refractivity contribution >= 4 is 5.97 Å². The summed E-state index contributed by atoms with van der Waals surface area (Å²) in [5.41, 5.74) is 0.681. The molecular weight excluding hydrogens is 156 g/mol. The van der Waals surface area contributed by atoms with Crippen molar-refractivity contribution in [3.05, 3.63) is 11.6 Å². The fourth-order valence-electron chi connectivity index (χ4n) is 1.45. The van der Waals surface area contributed by atoms with Crippen molar-refractivity contribution in [2.75, 3.05) is 0 Å². The van der Waals surface area contributed by atoms with Crippen molar-refractivity contribution in [2.24, 2.45) is 0 Å². The van der Waals surface area contributed by atoms with Crippen LogP contribution in [0.1, 0.15) is 32.1 Å². The molecule has 12 heavy (non-hydrogen) atoms. The Labute approximate surface area is 71.7 Å². The van der Waals surface area contributed by atoms with Gasteiger partial charge in [-0.25, -0.2) is 4.79 Å². The van der Waals surface area contributed by atoms with Gasteiger partial charge < -0.3 is 10.2 Å². The van der Waals surface area contributed by atoms with E-state index >= 15 is 0 Å². The Kier molecular flexibility index (Phi) is 3.29. The predicted molar refractivity (Wildman–Crippen MR) is 44.8 cm³/mol. The average molecular weight is 170 g/mol. The van der Waals surface area contributed by atoms with E-state index in [1.807, 2.05) is 6.08 Å². The van der Waals surface area contributed by atoms with Crippen LogP contribution < -0.4 is 0 Å². The molecule has 68 valence electrons. The Morgan fingerprint density at radius 1 is 1.42 bits per heavy atom. The van der Waals surface area contributed by atoms with Crippen LogP contribution in [0.4, 0.5) is 0 Å². The van der Waals surface area contributed by atoms with Gasteiger partial charge in [0.2, 0.25) is 0 Å². The third-order valence-electron chi connectivity index (χ3n) is 2.16. The lowest BCUT2D eigenvalue weighted by molar-refractivity contribution is -0.144. The van der Waals surface area contributed by atoms with Crippen molar-refractivity contribution in [1.82, 2.24) is 0 Å². The van der Waals surface area contributed by atoms with E-state index in [9.17, 15) is 9.90 Å². The van der Waals surface area contributed by atoms with E-state index in [1.165, 1.54) is 0 Å². The maximum Gasteiger partial charge on any atom is 0.336 e. The van der Waals surface area contributed by atoms with Gasteiger partial charge in [-0.15, -0.1) is 0 Å². The molecule has 0 amide bonds. The molecule has 3 heteroatoms. The van der Waals surface area contributed by atoms with Crippen LogP contribution in [-0.2, 0) is 4.79 Å². The predicted octanol–water partition coefficient (Wildman–Crippen LogP) is 1.32. The van der Waals surface area contributed by atoms with Crippen LogP contribution in [0.15, 0.2) is 11.6 Å². The Morgan fingerprint density at radius 2 is 2.17 bits per heavy atom. The molecule has 1 aliphatic carbocycles. The highest BCUT2D eigenvalue weighted by atomic mass is 16.4. The number of aliphatic hydroxyl groups is 1. The summed E-state index contributed by atoms with van der Waals surface area (Å²) in [6.07, 6.45) is 5.46.